The third-order valence-corrected chi connectivity index (χ3v) is 2.83. The summed E-state index contributed by atoms with van der Waals surface area (Å²) in [6.07, 6.45) is 4.11. The third-order valence-electron chi connectivity index (χ3n) is 2.83. The quantitative estimate of drug-likeness (QED) is 0.811. The van der Waals surface area contributed by atoms with Crippen molar-refractivity contribution in [3.8, 4) is 0 Å². The van der Waals surface area contributed by atoms with E-state index >= 15 is 0 Å². The molecular weight excluding hydrogens is 230 g/mol. The molecule has 0 saturated carbocycles. The highest BCUT2D eigenvalue weighted by molar-refractivity contribution is 5.81. The lowest BCUT2D eigenvalue weighted by atomic mass is 9.91. The molecule has 2 rings (SSSR count). The molecule has 4 nitrogen and oxygen atoms in total. The van der Waals surface area contributed by atoms with E-state index in [0.717, 1.165) is 18.4 Å². The van der Waals surface area contributed by atoms with Gasteiger partial charge in [-0.25, -0.2) is 0 Å². The maximum Gasteiger partial charge on any atom is 0.329 e. The average Bonchev–Trinajstić information content (AvgIpc) is 2.36. The SMILES string of the molecule is CC(=O)ONC(=O)CC1=Cc2ccccc2CC1. The summed E-state index contributed by atoms with van der Waals surface area (Å²) >= 11 is 0. The minimum atomic E-state index is -0.522. The fourth-order valence-corrected chi connectivity index (χ4v) is 2.00. The number of hydrogen-bond donors (Lipinski definition) is 1. The Morgan fingerprint density at radius 1 is 1.28 bits per heavy atom. The van der Waals surface area contributed by atoms with E-state index in [9.17, 15) is 9.59 Å². The maximum absolute atomic E-state index is 11.5. The van der Waals surface area contributed by atoms with E-state index in [1.165, 1.54) is 18.1 Å². The van der Waals surface area contributed by atoms with Crippen molar-refractivity contribution in [1.82, 2.24) is 5.48 Å². The number of rotatable bonds is 2. The number of hydroxylamine groups is 1. The van der Waals surface area contributed by atoms with Crippen molar-refractivity contribution in [2.24, 2.45) is 0 Å². The molecule has 0 heterocycles. The zero-order valence-corrected chi connectivity index (χ0v) is 10.2. The smallest absolute Gasteiger partial charge is 0.329 e. The fraction of sp³-hybridized carbons (Fsp3) is 0.286. The molecule has 0 saturated heterocycles. The van der Waals surface area contributed by atoms with Crippen molar-refractivity contribution in [2.75, 3.05) is 0 Å². The van der Waals surface area contributed by atoms with Crippen LogP contribution in [0.2, 0.25) is 0 Å². The number of aryl methyl sites for hydroxylation is 1. The Bertz CT molecular complexity index is 506. The van der Waals surface area contributed by atoms with Crippen LogP contribution in [0.25, 0.3) is 6.08 Å². The van der Waals surface area contributed by atoms with Gasteiger partial charge in [-0.3, -0.25) is 9.59 Å². The number of benzene rings is 1. The second-order valence-corrected chi connectivity index (χ2v) is 4.30. The second kappa shape index (κ2) is 5.49. The molecule has 0 unspecified atom stereocenters. The highest BCUT2D eigenvalue weighted by Crippen LogP contribution is 2.25. The van der Waals surface area contributed by atoms with Crippen LogP contribution in [0.15, 0.2) is 29.8 Å². The first-order valence-corrected chi connectivity index (χ1v) is 5.89. The Morgan fingerprint density at radius 3 is 2.83 bits per heavy atom. The lowest BCUT2D eigenvalue weighted by Gasteiger charge is -2.15. The van der Waals surface area contributed by atoms with Crippen molar-refractivity contribution >= 4 is 18.0 Å². The molecule has 0 spiro atoms. The van der Waals surface area contributed by atoms with Gasteiger partial charge in [0.2, 0.25) is 0 Å². The van der Waals surface area contributed by atoms with Crippen molar-refractivity contribution < 1.29 is 14.4 Å². The molecule has 94 valence electrons. The molecule has 0 bridgehead atoms. The Balaban J connectivity index is 1.97. The zero-order chi connectivity index (χ0) is 13.0. The molecule has 1 amide bonds. The van der Waals surface area contributed by atoms with E-state index in [4.69, 9.17) is 0 Å². The number of nitrogens with one attached hydrogen (secondary N) is 1. The number of fused-ring (bicyclic) bond motifs is 1. The van der Waals surface area contributed by atoms with Gasteiger partial charge in [-0.2, -0.15) is 5.48 Å². The molecule has 4 heteroatoms. The maximum atomic E-state index is 11.5. The van der Waals surface area contributed by atoms with Crippen LogP contribution in [0.5, 0.6) is 0 Å². The standard InChI is InChI=1S/C14H15NO3/c1-10(16)18-15-14(17)9-11-6-7-12-4-2-3-5-13(12)8-11/h2-5,8H,6-7,9H2,1H3,(H,15,17). The monoisotopic (exact) mass is 245 g/mol. The third kappa shape index (κ3) is 3.20. The first-order valence-electron chi connectivity index (χ1n) is 5.89. The van der Waals surface area contributed by atoms with E-state index in [1.54, 1.807) is 0 Å². The summed E-state index contributed by atoms with van der Waals surface area (Å²) in [5.41, 5.74) is 5.65. The normalized spacial score (nSPS) is 13.3. The summed E-state index contributed by atoms with van der Waals surface area (Å²) in [5.74, 6) is -0.817. The summed E-state index contributed by atoms with van der Waals surface area (Å²) in [5, 5.41) is 0. The van der Waals surface area contributed by atoms with E-state index in [2.05, 4.69) is 16.4 Å². The average molecular weight is 245 g/mol. The van der Waals surface area contributed by atoms with Crippen LogP contribution in [-0.2, 0) is 20.8 Å². The predicted molar refractivity (Wildman–Crippen MR) is 67.3 cm³/mol. The number of carbonyl (C=O) groups excluding carboxylic acids is 2. The van der Waals surface area contributed by atoms with Gasteiger partial charge in [0.15, 0.2) is 0 Å². The number of hydrogen-bond acceptors (Lipinski definition) is 3. The molecule has 0 aromatic heterocycles. The Hall–Kier alpha value is -2.10. The van der Waals surface area contributed by atoms with E-state index < -0.39 is 5.97 Å². The Morgan fingerprint density at radius 2 is 2.06 bits per heavy atom. The topological polar surface area (TPSA) is 55.4 Å². The summed E-state index contributed by atoms with van der Waals surface area (Å²) in [7, 11) is 0. The van der Waals surface area contributed by atoms with Gasteiger partial charge in [-0.1, -0.05) is 35.9 Å². The van der Waals surface area contributed by atoms with Crippen LogP contribution in [0.3, 0.4) is 0 Å². The zero-order valence-electron chi connectivity index (χ0n) is 10.2. The van der Waals surface area contributed by atoms with Crippen LogP contribution < -0.4 is 5.48 Å². The molecule has 0 radical (unpaired) electrons. The van der Waals surface area contributed by atoms with Gasteiger partial charge in [-0.05, 0) is 24.0 Å². The molecule has 1 N–H and O–H groups in total. The van der Waals surface area contributed by atoms with Crippen LogP contribution in [0.1, 0.15) is 30.9 Å². The largest absolute Gasteiger partial charge is 0.341 e. The molecule has 18 heavy (non-hydrogen) atoms. The van der Waals surface area contributed by atoms with Crippen LogP contribution in [0.4, 0.5) is 0 Å². The van der Waals surface area contributed by atoms with E-state index in [-0.39, 0.29) is 12.3 Å². The van der Waals surface area contributed by atoms with Gasteiger partial charge in [0.25, 0.3) is 5.91 Å². The van der Waals surface area contributed by atoms with Crippen LogP contribution in [0, 0.1) is 0 Å². The predicted octanol–water partition coefficient (Wildman–Crippen LogP) is 2.00. The number of amides is 1. The minimum Gasteiger partial charge on any atom is -0.341 e. The van der Waals surface area contributed by atoms with Gasteiger partial charge < -0.3 is 4.84 Å². The van der Waals surface area contributed by atoms with Crippen LogP contribution >= 0.6 is 0 Å². The van der Waals surface area contributed by atoms with Gasteiger partial charge >= 0.3 is 5.97 Å². The first-order chi connectivity index (χ1) is 8.65. The summed E-state index contributed by atoms with van der Waals surface area (Å²) < 4.78 is 0. The minimum absolute atomic E-state index is 0.265. The molecule has 0 fully saturated rings. The molecule has 1 aliphatic rings. The lowest BCUT2D eigenvalue weighted by molar-refractivity contribution is -0.155. The van der Waals surface area contributed by atoms with Crippen LogP contribution in [-0.4, -0.2) is 11.9 Å². The van der Waals surface area contributed by atoms with E-state index in [1.807, 2.05) is 24.3 Å². The number of carbonyl (C=O) groups is 2. The molecule has 0 aliphatic heterocycles. The molecule has 1 aromatic rings. The van der Waals surface area contributed by atoms with Gasteiger partial charge in [0.1, 0.15) is 0 Å². The summed E-state index contributed by atoms with van der Waals surface area (Å²) in [6.45, 7) is 1.25. The van der Waals surface area contributed by atoms with Gasteiger partial charge in [0, 0.05) is 6.92 Å². The molecule has 1 aromatic carbocycles. The fourth-order valence-electron chi connectivity index (χ4n) is 2.00. The van der Waals surface area contributed by atoms with Gasteiger partial charge in [-0.15, -0.1) is 0 Å². The first kappa shape index (κ1) is 12.4. The Kier molecular flexibility index (Phi) is 3.77. The van der Waals surface area contributed by atoms with E-state index in [0.29, 0.717) is 0 Å². The second-order valence-electron chi connectivity index (χ2n) is 4.30. The van der Waals surface area contributed by atoms with Crippen molar-refractivity contribution in [3.63, 3.8) is 0 Å². The highest BCUT2D eigenvalue weighted by atomic mass is 16.7. The molecular formula is C14H15NO3. The van der Waals surface area contributed by atoms with Crippen molar-refractivity contribution in [2.45, 2.75) is 26.2 Å². The summed E-state index contributed by atoms with van der Waals surface area (Å²) in [4.78, 5) is 26.5. The van der Waals surface area contributed by atoms with Crippen molar-refractivity contribution in [3.05, 3.63) is 41.0 Å². The molecule has 1 aliphatic carbocycles. The van der Waals surface area contributed by atoms with Gasteiger partial charge in [0.05, 0.1) is 6.42 Å². The lowest BCUT2D eigenvalue weighted by Crippen LogP contribution is -2.26. The van der Waals surface area contributed by atoms with Crippen molar-refractivity contribution in [1.29, 1.82) is 0 Å². The molecule has 0 atom stereocenters. The highest BCUT2D eigenvalue weighted by Gasteiger charge is 2.13. The Labute approximate surface area is 106 Å². The summed E-state index contributed by atoms with van der Waals surface area (Å²) in [6, 6.07) is 8.14.